The minimum atomic E-state index is -4.44. The summed E-state index contributed by atoms with van der Waals surface area (Å²) in [5.74, 6) is 0. The van der Waals surface area contributed by atoms with Gasteiger partial charge < -0.3 is 0 Å². The van der Waals surface area contributed by atoms with Crippen LogP contribution in [0.4, 0.5) is 13.2 Å². The van der Waals surface area contributed by atoms with Crippen LogP contribution in [-0.4, -0.2) is 15.2 Å². The van der Waals surface area contributed by atoms with Crippen LogP contribution in [0.2, 0.25) is 0 Å². The number of nitrogens with one attached hydrogen (secondary N) is 1. The average molecular weight is 379 g/mol. The zero-order valence-electron chi connectivity index (χ0n) is 14.7. The second-order valence-corrected chi connectivity index (χ2v) is 7.25. The molecule has 0 aromatic carbocycles. The van der Waals surface area contributed by atoms with Crippen LogP contribution in [0.5, 0.6) is 0 Å². The highest BCUT2D eigenvalue weighted by atomic mass is 32.1. The predicted octanol–water partition coefficient (Wildman–Crippen LogP) is 6.12. The van der Waals surface area contributed by atoms with Crippen LogP contribution in [0.1, 0.15) is 42.8 Å². The third-order valence-electron chi connectivity index (χ3n) is 4.23. The van der Waals surface area contributed by atoms with Crippen LogP contribution < -0.4 is 0 Å². The lowest BCUT2D eigenvalue weighted by Gasteiger charge is -2.06. The molecule has 0 saturated carbocycles. The van der Waals surface area contributed by atoms with Crippen molar-refractivity contribution in [1.29, 1.82) is 0 Å². The highest BCUT2D eigenvalue weighted by molar-refractivity contribution is 7.15. The van der Waals surface area contributed by atoms with Gasteiger partial charge in [-0.05, 0) is 43.5 Å². The maximum atomic E-state index is 13.1. The van der Waals surface area contributed by atoms with Crippen LogP contribution in [0, 0.1) is 0 Å². The lowest BCUT2D eigenvalue weighted by Crippen LogP contribution is -2.08. The molecule has 138 valence electrons. The van der Waals surface area contributed by atoms with Crippen molar-refractivity contribution in [2.75, 3.05) is 0 Å². The summed E-state index contributed by atoms with van der Waals surface area (Å²) in [6.45, 7) is 3.85. The quantitative estimate of drug-likeness (QED) is 0.560. The molecule has 0 fully saturated rings. The lowest BCUT2D eigenvalue weighted by molar-refractivity contribution is -0.141. The Morgan fingerprint density at radius 3 is 2.54 bits per heavy atom. The van der Waals surface area contributed by atoms with Gasteiger partial charge in [-0.25, -0.2) is 0 Å². The van der Waals surface area contributed by atoms with Gasteiger partial charge >= 0.3 is 6.18 Å². The van der Waals surface area contributed by atoms with Gasteiger partial charge in [-0.2, -0.15) is 18.3 Å². The monoisotopic (exact) mass is 379 g/mol. The number of unbranched alkanes of at least 4 members (excludes halogenated alkanes) is 1. The molecule has 1 N–H and O–H groups in total. The maximum absolute atomic E-state index is 13.1. The molecule has 3 heterocycles. The summed E-state index contributed by atoms with van der Waals surface area (Å²) in [6, 6.07) is 7.82. The van der Waals surface area contributed by atoms with E-state index in [0.29, 0.717) is 5.69 Å². The highest BCUT2D eigenvalue weighted by Gasteiger charge is 2.36. The molecule has 0 aliphatic heterocycles. The Labute approximate surface area is 154 Å². The molecule has 0 unspecified atom stereocenters. The molecule has 3 nitrogen and oxygen atoms in total. The van der Waals surface area contributed by atoms with E-state index in [2.05, 4.69) is 34.2 Å². The van der Waals surface area contributed by atoms with Crippen LogP contribution in [0.25, 0.3) is 21.8 Å². The zero-order valence-corrected chi connectivity index (χ0v) is 15.5. The van der Waals surface area contributed by atoms with Crippen molar-refractivity contribution < 1.29 is 13.2 Å². The van der Waals surface area contributed by atoms with Gasteiger partial charge in [-0.1, -0.05) is 20.3 Å². The Hall–Kier alpha value is -2.15. The smallest absolute Gasteiger partial charge is 0.273 e. The molecule has 26 heavy (non-hydrogen) atoms. The van der Waals surface area contributed by atoms with Gasteiger partial charge in [-0.3, -0.25) is 10.1 Å². The van der Waals surface area contributed by atoms with Crippen molar-refractivity contribution in [3.05, 3.63) is 46.6 Å². The third kappa shape index (κ3) is 3.82. The molecule has 7 heteroatoms. The van der Waals surface area contributed by atoms with Crippen molar-refractivity contribution >= 4 is 11.3 Å². The molecule has 3 rings (SSSR count). The van der Waals surface area contributed by atoms with Crippen molar-refractivity contribution in [2.45, 2.75) is 45.7 Å². The van der Waals surface area contributed by atoms with E-state index in [-0.39, 0.29) is 17.7 Å². The molecule has 0 bridgehead atoms. The van der Waals surface area contributed by atoms with Crippen LogP contribution in [0.3, 0.4) is 0 Å². The zero-order chi connectivity index (χ0) is 18.7. The van der Waals surface area contributed by atoms with Crippen molar-refractivity contribution in [3.8, 4) is 21.8 Å². The molecular formula is C19H20F3N3S. The van der Waals surface area contributed by atoms with E-state index in [4.69, 9.17) is 0 Å². The second kappa shape index (κ2) is 7.61. The van der Waals surface area contributed by atoms with Gasteiger partial charge in [0.2, 0.25) is 0 Å². The first-order chi connectivity index (χ1) is 12.4. The number of aromatic amines is 1. The number of alkyl halides is 3. The standard InChI is InChI=1S/C19H20F3N3S/c1-3-5-6-13-8-10-16(26-13)12-7-9-15(23-11-12)17-14(4-2)18(25-24-17)19(20,21)22/h7-11H,3-6H2,1-2H3,(H,24,25). The molecule has 0 aliphatic rings. The van der Waals surface area contributed by atoms with Gasteiger partial charge in [0.15, 0.2) is 0 Å². The number of nitrogens with zero attached hydrogens (tertiary/aromatic N) is 2. The summed E-state index contributed by atoms with van der Waals surface area (Å²) >= 11 is 1.73. The maximum Gasteiger partial charge on any atom is 0.433 e. The topological polar surface area (TPSA) is 41.6 Å². The average Bonchev–Trinajstić information content (AvgIpc) is 3.26. The Bertz CT molecular complexity index is 863. The number of hydrogen-bond donors (Lipinski definition) is 1. The minimum absolute atomic E-state index is 0.149. The van der Waals surface area contributed by atoms with E-state index in [1.807, 2.05) is 6.07 Å². The first-order valence-corrected chi connectivity index (χ1v) is 9.45. The van der Waals surface area contributed by atoms with Gasteiger partial charge in [0.05, 0.1) is 5.69 Å². The summed E-state index contributed by atoms with van der Waals surface area (Å²) in [6.07, 6.45) is 0.884. The lowest BCUT2D eigenvalue weighted by atomic mass is 10.1. The Morgan fingerprint density at radius 2 is 1.92 bits per heavy atom. The molecular weight excluding hydrogens is 359 g/mol. The largest absolute Gasteiger partial charge is 0.433 e. The van der Waals surface area contributed by atoms with E-state index in [0.717, 1.165) is 29.7 Å². The van der Waals surface area contributed by atoms with Crippen LogP contribution in [0.15, 0.2) is 30.5 Å². The minimum Gasteiger partial charge on any atom is -0.273 e. The number of aryl methyl sites for hydroxylation is 1. The van der Waals surface area contributed by atoms with E-state index in [1.54, 1.807) is 30.5 Å². The van der Waals surface area contributed by atoms with E-state index < -0.39 is 11.9 Å². The number of halogens is 3. The van der Waals surface area contributed by atoms with Gasteiger partial charge in [-0.15, -0.1) is 11.3 Å². The summed E-state index contributed by atoms with van der Waals surface area (Å²) in [5.41, 5.74) is 1.03. The number of hydrogen-bond acceptors (Lipinski definition) is 3. The van der Waals surface area contributed by atoms with E-state index >= 15 is 0 Å². The fraction of sp³-hybridized carbons (Fsp3) is 0.368. The molecule has 3 aromatic rings. The Morgan fingerprint density at radius 1 is 1.12 bits per heavy atom. The predicted molar refractivity (Wildman–Crippen MR) is 98.1 cm³/mol. The SMILES string of the molecule is CCCCc1ccc(-c2ccc(-c3n[nH]c(C(F)(F)F)c3CC)nc2)s1. The van der Waals surface area contributed by atoms with Crippen molar-refractivity contribution in [1.82, 2.24) is 15.2 Å². The summed E-state index contributed by atoms with van der Waals surface area (Å²) < 4.78 is 39.2. The summed E-state index contributed by atoms with van der Waals surface area (Å²) in [4.78, 5) is 6.81. The molecule has 0 atom stereocenters. The summed E-state index contributed by atoms with van der Waals surface area (Å²) in [7, 11) is 0. The second-order valence-electron chi connectivity index (χ2n) is 6.08. The molecule has 0 aliphatic carbocycles. The molecule has 0 radical (unpaired) electrons. The number of pyridine rings is 1. The van der Waals surface area contributed by atoms with E-state index in [9.17, 15) is 13.2 Å². The van der Waals surface area contributed by atoms with Crippen LogP contribution >= 0.6 is 11.3 Å². The first-order valence-electron chi connectivity index (χ1n) is 8.64. The highest BCUT2D eigenvalue weighted by Crippen LogP contribution is 2.35. The van der Waals surface area contributed by atoms with Crippen molar-refractivity contribution in [2.24, 2.45) is 0 Å². The Kier molecular flexibility index (Phi) is 5.46. The first kappa shape index (κ1) is 18.6. The van der Waals surface area contributed by atoms with Gasteiger partial charge in [0.25, 0.3) is 0 Å². The number of H-pyrrole nitrogens is 1. The van der Waals surface area contributed by atoms with Crippen molar-refractivity contribution in [3.63, 3.8) is 0 Å². The third-order valence-corrected chi connectivity index (χ3v) is 5.43. The van der Waals surface area contributed by atoms with Gasteiger partial charge in [0, 0.05) is 27.1 Å². The molecule has 0 saturated heterocycles. The summed E-state index contributed by atoms with van der Waals surface area (Å²) in [5, 5.41) is 5.98. The fourth-order valence-corrected chi connectivity index (χ4v) is 3.89. The van der Waals surface area contributed by atoms with Gasteiger partial charge in [0.1, 0.15) is 11.4 Å². The molecule has 0 amide bonds. The van der Waals surface area contributed by atoms with Crippen LogP contribution in [-0.2, 0) is 19.0 Å². The Balaban J connectivity index is 1.86. The number of aromatic nitrogens is 3. The molecule has 3 aromatic heterocycles. The van der Waals surface area contributed by atoms with E-state index in [1.165, 1.54) is 4.88 Å². The number of rotatable bonds is 6. The number of thiophene rings is 1. The fourth-order valence-electron chi connectivity index (χ4n) is 2.85. The molecule has 0 spiro atoms. The normalized spacial score (nSPS) is 11.9.